The molecule has 24 heavy (non-hydrogen) atoms. The molecule has 128 valence electrons. The van der Waals surface area contributed by atoms with Crippen LogP contribution in [0, 0.1) is 0 Å². The summed E-state index contributed by atoms with van der Waals surface area (Å²) in [5.41, 5.74) is 0.689. The second-order valence-electron chi connectivity index (χ2n) is 5.92. The molecule has 6 heteroatoms. The zero-order valence-electron chi connectivity index (χ0n) is 13.4. The van der Waals surface area contributed by atoms with Crippen LogP contribution in [-0.2, 0) is 6.42 Å². The maximum Gasteiger partial charge on any atom is 0.319 e. The molecule has 0 aliphatic rings. The van der Waals surface area contributed by atoms with E-state index in [4.69, 9.17) is 23.2 Å². The number of urea groups is 1. The van der Waals surface area contributed by atoms with Gasteiger partial charge in [-0.05, 0) is 43.5 Å². The van der Waals surface area contributed by atoms with Crippen molar-refractivity contribution in [2.45, 2.75) is 25.4 Å². The lowest BCUT2D eigenvalue weighted by Crippen LogP contribution is -2.42. The van der Waals surface area contributed by atoms with Crippen LogP contribution in [0.2, 0.25) is 10.0 Å². The fraction of sp³-hybridized carbons (Fsp3) is 0.278. The van der Waals surface area contributed by atoms with E-state index >= 15 is 0 Å². The van der Waals surface area contributed by atoms with Gasteiger partial charge in [0.1, 0.15) is 0 Å². The number of hydrogen-bond acceptors (Lipinski definition) is 2. The molecule has 4 nitrogen and oxygen atoms in total. The zero-order valence-corrected chi connectivity index (χ0v) is 14.9. The van der Waals surface area contributed by atoms with Crippen molar-refractivity contribution in [2.24, 2.45) is 0 Å². The van der Waals surface area contributed by atoms with Crippen LogP contribution in [0.1, 0.15) is 18.9 Å². The normalized spacial score (nSPS) is 13.2. The van der Waals surface area contributed by atoms with Crippen LogP contribution in [0.4, 0.5) is 10.5 Å². The Hall–Kier alpha value is -1.75. The van der Waals surface area contributed by atoms with E-state index in [0.717, 1.165) is 12.0 Å². The average molecular weight is 367 g/mol. The molecule has 0 spiro atoms. The first kappa shape index (κ1) is 18.6. The van der Waals surface area contributed by atoms with Gasteiger partial charge in [-0.15, -0.1) is 0 Å². The summed E-state index contributed by atoms with van der Waals surface area (Å²) in [5.74, 6) is 0. The standard InChI is InChI=1S/C18H20Cl2N2O2/c1-18(24,10-9-13-5-3-2-4-6-13)12-21-17(23)22-14-7-8-15(19)16(20)11-14/h2-8,11,24H,9-10,12H2,1H3,(H2,21,22,23)/t18-/m0/s1. The highest BCUT2D eigenvalue weighted by atomic mass is 35.5. The Bertz CT molecular complexity index is 691. The van der Waals surface area contributed by atoms with Gasteiger partial charge in [-0.3, -0.25) is 0 Å². The van der Waals surface area contributed by atoms with Crippen molar-refractivity contribution in [1.82, 2.24) is 5.32 Å². The highest BCUT2D eigenvalue weighted by molar-refractivity contribution is 6.42. The molecule has 0 radical (unpaired) electrons. The third-order valence-corrected chi connectivity index (χ3v) is 4.34. The summed E-state index contributed by atoms with van der Waals surface area (Å²) in [4.78, 5) is 11.9. The van der Waals surface area contributed by atoms with Crippen LogP contribution < -0.4 is 10.6 Å². The van der Waals surface area contributed by atoms with Gasteiger partial charge in [-0.25, -0.2) is 4.79 Å². The minimum atomic E-state index is -0.995. The molecular weight excluding hydrogens is 347 g/mol. The molecule has 3 N–H and O–H groups in total. The summed E-state index contributed by atoms with van der Waals surface area (Å²) < 4.78 is 0. The molecule has 0 aromatic heterocycles. The van der Waals surface area contributed by atoms with Crippen LogP contribution in [0.15, 0.2) is 48.5 Å². The molecule has 0 heterocycles. The van der Waals surface area contributed by atoms with Crippen molar-refractivity contribution in [3.63, 3.8) is 0 Å². The second-order valence-corrected chi connectivity index (χ2v) is 6.73. The number of nitrogens with one attached hydrogen (secondary N) is 2. The van der Waals surface area contributed by atoms with E-state index in [-0.39, 0.29) is 6.54 Å². The number of carbonyl (C=O) groups is 1. The van der Waals surface area contributed by atoms with Crippen molar-refractivity contribution in [2.75, 3.05) is 11.9 Å². The molecule has 2 aromatic rings. The molecule has 0 fully saturated rings. The molecule has 0 saturated heterocycles. The molecule has 2 rings (SSSR count). The number of hydrogen-bond donors (Lipinski definition) is 3. The van der Waals surface area contributed by atoms with Crippen molar-refractivity contribution in [3.05, 3.63) is 64.1 Å². The van der Waals surface area contributed by atoms with Crippen LogP contribution in [0.3, 0.4) is 0 Å². The SMILES string of the molecule is C[C@](O)(CCc1ccccc1)CNC(=O)Nc1ccc(Cl)c(Cl)c1. The second kappa shape index (κ2) is 8.38. The van der Waals surface area contributed by atoms with Crippen LogP contribution in [0.25, 0.3) is 0 Å². The van der Waals surface area contributed by atoms with E-state index in [1.54, 1.807) is 25.1 Å². The van der Waals surface area contributed by atoms with Crippen LogP contribution >= 0.6 is 23.2 Å². The summed E-state index contributed by atoms with van der Waals surface area (Å²) in [6.07, 6.45) is 1.29. The number of carbonyl (C=O) groups excluding carboxylic acids is 1. The Labute approximate surface area is 151 Å². The Morgan fingerprint density at radius 2 is 1.83 bits per heavy atom. The molecule has 0 aliphatic carbocycles. The first-order valence-corrected chi connectivity index (χ1v) is 8.37. The number of aryl methyl sites for hydroxylation is 1. The topological polar surface area (TPSA) is 61.4 Å². The first-order chi connectivity index (χ1) is 11.4. The molecule has 2 amide bonds. The zero-order chi connectivity index (χ0) is 17.6. The average Bonchev–Trinajstić information content (AvgIpc) is 2.56. The van der Waals surface area contributed by atoms with Crippen molar-refractivity contribution in [3.8, 4) is 0 Å². The van der Waals surface area contributed by atoms with Crippen molar-refractivity contribution in [1.29, 1.82) is 0 Å². The predicted octanol–water partition coefficient (Wildman–Crippen LogP) is 4.50. The fourth-order valence-corrected chi connectivity index (χ4v) is 2.46. The number of halogens is 2. The van der Waals surface area contributed by atoms with Crippen molar-refractivity contribution < 1.29 is 9.90 Å². The van der Waals surface area contributed by atoms with Gasteiger partial charge in [-0.2, -0.15) is 0 Å². The summed E-state index contributed by atoms with van der Waals surface area (Å²) >= 11 is 11.7. The van der Waals surface area contributed by atoms with Gasteiger partial charge in [0, 0.05) is 12.2 Å². The Morgan fingerprint density at radius 3 is 2.50 bits per heavy atom. The van der Waals surface area contributed by atoms with Crippen LogP contribution in [0.5, 0.6) is 0 Å². The Kier molecular flexibility index (Phi) is 6.49. The van der Waals surface area contributed by atoms with E-state index < -0.39 is 11.6 Å². The van der Waals surface area contributed by atoms with E-state index in [9.17, 15) is 9.90 Å². The number of aliphatic hydroxyl groups is 1. The van der Waals surface area contributed by atoms with E-state index in [1.807, 2.05) is 30.3 Å². The van der Waals surface area contributed by atoms with E-state index in [2.05, 4.69) is 10.6 Å². The van der Waals surface area contributed by atoms with Gasteiger partial charge >= 0.3 is 6.03 Å². The van der Waals surface area contributed by atoms with Crippen molar-refractivity contribution >= 4 is 34.9 Å². The van der Waals surface area contributed by atoms with Crippen LogP contribution in [-0.4, -0.2) is 23.3 Å². The predicted molar refractivity (Wildman–Crippen MR) is 98.9 cm³/mol. The summed E-state index contributed by atoms with van der Waals surface area (Å²) in [7, 11) is 0. The fourth-order valence-electron chi connectivity index (χ4n) is 2.17. The van der Waals surface area contributed by atoms with Gasteiger partial charge in [0.05, 0.1) is 15.6 Å². The highest BCUT2D eigenvalue weighted by Gasteiger charge is 2.21. The third kappa shape index (κ3) is 6.04. The molecule has 2 aromatic carbocycles. The maximum atomic E-state index is 11.9. The molecule has 0 bridgehead atoms. The van der Waals surface area contributed by atoms with E-state index in [1.165, 1.54) is 0 Å². The number of anilines is 1. The number of benzene rings is 2. The van der Waals surface area contributed by atoms with Gasteiger partial charge < -0.3 is 15.7 Å². The Balaban J connectivity index is 1.80. The largest absolute Gasteiger partial charge is 0.388 e. The maximum absolute atomic E-state index is 11.9. The van der Waals surface area contributed by atoms with E-state index in [0.29, 0.717) is 22.2 Å². The lowest BCUT2D eigenvalue weighted by molar-refractivity contribution is 0.0539. The molecule has 0 saturated carbocycles. The summed E-state index contributed by atoms with van der Waals surface area (Å²) in [6.45, 7) is 1.85. The molecule has 0 unspecified atom stereocenters. The van der Waals surface area contributed by atoms with Gasteiger partial charge in [0.15, 0.2) is 0 Å². The monoisotopic (exact) mass is 366 g/mol. The minimum Gasteiger partial charge on any atom is -0.388 e. The number of rotatable bonds is 6. The molecular formula is C18H20Cl2N2O2. The third-order valence-electron chi connectivity index (χ3n) is 3.60. The van der Waals surface area contributed by atoms with Gasteiger partial charge in [0.2, 0.25) is 0 Å². The summed E-state index contributed by atoms with van der Waals surface area (Å²) in [5, 5.41) is 16.5. The van der Waals surface area contributed by atoms with Gasteiger partial charge in [-0.1, -0.05) is 53.5 Å². The summed E-state index contributed by atoms with van der Waals surface area (Å²) in [6, 6.07) is 14.3. The Morgan fingerprint density at radius 1 is 1.12 bits per heavy atom. The highest BCUT2D eigenvalue weighted by Crippen LogP contribution is 2.24. The molecule has 0 aliphatic heterocycles. The lowest BCUT2D eigenvalue weighted by Gasteiger charge is -2.23. The minimum absolute atomic E-state index is 0.146. The quantitative estimate of drug-likeness (QED) is 0.704. The molecule has 1 atom stereocenters. The number of amides is 2. The lowest BCUT2D eigenvalue weighted by atomic mass is 9.97. The first-order valence-electron chi connectivity index (χ1n) is 7.62. The smallest absolute Gasteiger partial charge is 0.319 e. The van der Waals surface area contributed by atoms with Gasteiger partial charge in [0.25, 0.3) is 0 Å².